The summed E-state index contributed by atoms with van der Waals surface area (Å²) in [4.78, 5) is 22.4. The van der Waals surface area contributed by atoms with Crippen molar-refractivity contribution in [3.63, 3.8) is 0 Å². The summed E-state index contributed by atoms with van der Waals surface area (Å²) in [7, 11) is 0. The monoisotopic (exact) mass is 296 g/mol. The van der Waals surface area contributed by atoms with E-state index in [1.807, 2.05) is 30.3 Å². The minimum atomic E-state index is -0.974. The summed E-state index contributed by atoms with van der Waals surface area (Å²) in [6.45, 7) is 0. The van der Waals surface area contributed by atoms with Crippen molar-refractivity contribution in [2.24, 2.45) is 5.10 Å². The average Bonchev–Trinajstić information content (AvgIpc) is 2.54. The number of carboxylic acids is 1. The molecule has 0 radical (unpaired) electrons. The molecule has 2 N–H and O–H groups in total. The van der Waals surface area contributed by atoms with E-state index in [0.717, 1.165) is 5.56 Å². The quantitative estimate of drug-likeness (QED) is 0.635. The van der Waals surface area contributed by atoms with Crippen molar-refractivity contribution in [3.8, 4) is 0 Å². The van der Waals surface area contributed by atoms with Crippen LogP contribution in [0, 0.1) is 0 Å². The molecule has 22 heavy (non-hydrogen) atoms. The fourth-order valence-electron chi connectivity index (χ4n) is 1.85. The second-order valence-corrected chi connectivity index (χ2v) is 4.71. The maximum absolute atomic E-state index is 11.6. The Morgan fingerprint density at radius 3 is 2.36 bits per heavy atom. The number of rotatable bonds is 6. The van der Waals surface area contributed by atoms with Gasteiger partial charge in [0.25, 0.3) is 0 Å². The van der Waals surface area contributed by atoms with Gasteiger partial charge < -0.3 is 5.11 Å². The van der Waals surface area contributed by atoms with Crippen LogP contribution >= 0.6 is 0 Å². The third-order valence-electron chi connectivity index (χ3n) is 3.04. The van der Waals surface area contributed by atoms with Gasteiger partial charge in [-0.15, -0.1) is 0 Å². The van der Waals surface area contributed by atoms with Gasteiger partial charge in [-0.3, -0.25) is 4.79 Å². The zero-order valence-electron chi connectivity index (χ0n) is 11.9. The maximum Gasteiger partial charge on any atom is 0.335 e. The lowest BCUT2D eigenvalue weighted by Crippen LogP contribution is -2.17. The molecule has 5 nitrogen and oxygen atoms in total. The van der Waals surface area contributed by atoms with Crippen molar-refractivity contribution in [2.75, 3.05) is 0 Å². The standard InChI is InChI=1S/C17H16N2O3/c20-16(11-8-13-4-2-1-3-5-13)19-18-12-14-6-9-15(10-7-14)17(21)22/h1-7,9-10,12H,8,11H2,(H,19,20)(H,21,22)/b18-12-. The molecule has 5 heteroatoms. The molecule has 0 saturated heterocycles. The normalized spacial score (nSPS) is 10.5. The summed E-state index contributed by atoms with van der Waals surface area (Å²) >= 11 is 0. The first-order valence-electron chi connectivity index (χ1n) is 6.84. The Kier molecular flexibility index (Phi) is 5.43. The fraction of sp³-hybridized carbons (Fsp3) is 0.118. The van der Waals surface area contributed by atoms with Gasteiger partial charge in [-0.25, -0.2) is 10.2 Å². The molecule has 0 aliphatic carbocycles. The molecular weight excluding hydrogens is 280 g/mol. The van der Waals surface area contributed by atoms with Crippen LogP contribution < -0.4 is 5.43 Å². The molecule has 1 amide bonds. The minimum Gasteiger partial charge on any atom is -0.478 e. The molecule has 112 valence electrons. The van der Waals surface area contributed by atoms with E-state index in [2.05, 4.69) is 10.5 Å². The molecule has 0 atom stereocenters. The van der Waals surface area contributed by atoms with Crippen LogP contribution in [0.1, 0.15) is 27.9 Å². The van der Waals surface area contributed by atoms with Crippen molar-refractivity contribution in [1.82, 2.24) is 5.43 Å². The number of carbonyl (C=O) groups excluding carboxylic acids is 1. The maximum atomic E-state index is 11.6. The van der Waals surface area contributed by atoms with Gasteiger partial charge in [-0.05, 0) is 29.7 Å². The van der Waals surface area contributed by atoms with Gasteiger partial charge >= 0.3 is 5.97 Å². The van der Waals surface area contributed by atoms with Gasteiger partial charge in [-0.2, -0.15) is 5.10 Å². The van der Waals surface area contributed by atoms with Crippen molar-refractivity contribution in [2.45, 2.75) is 12.8 Å². The van der Waals surface area contributed by atoms with Gasteiger partial charge in [-0.1, -0.05) is 42.5 Å². The Morgan fingerprint density at radius 1 is 1.05 bits per heavy atom. The van der Waals surface area contributed by atoms with Gasteiger partial charge in [0, 0.05) is 6.42 Å². The number of hydrogen-bond donors (Lipinski definition) is 2. The lowest BCUT2D eigenvalue weighted by molar-refractivity contribution is -0.121. The highest BCUT2D eigenvalue weighted by molar-refractivity contribution is 5.89. The van der Waals surface area contributed by atoms with Gasteiger partial charge in [0.2, 0.25) is 5.91 Å². The molecule has 0 fully saturated rings. The Balaban J connectivity index is 1.79. The summed E-state index contributed by atoms with van der Waals surface area (Å²) in [5.74, 6) is -1.14. The van der Waals surface area contributed by atoms with Crippen molar-refractivity contribution in [3.05, 3.63) is 71.3 Å². The molecule has 0 unspecified atom stereocenters. The first-order valence-corrected chi connectivity index (χ1v) is 6.84. The van der Waals surface area contributed by atoms with Crippen molar-refractivity contribution in [1.29, 1.82) is 0 Å². The van der Waals surface area contributed by atoms with E-state index in [4.69, 9.17) is 5.11 Å². The highest BCUT2D eigenvalue weighted by Gasteiger charge is 2.01. The van der Waals surface area contributed by atoms with Crippen LogP contribution in [0.3, 0.4) is 0 Å². The number of nitrogens with one attached hydrogen (secondary N) is 1. The van der Waals surface area contributed by atoms with Crippen LogP contribution in [-0.4, -0.2) is 23.2 Å². The Labute approximate surface area is 128 Å². The number of hydrogen-bond acceptors (Lipinski definition) is 3. The highest BCUT2D eigenvalue weighted by atomic mass is 16.4. The Bertz CT molecular complexity index is 664. The number of aromatic carboxylic acids is 1. The van der Waals surface area contributed by atoms with Crippen molar-refractivity contribution >= 4 is 18.1 Å². The third-order valence-corrected chi connectivity index (χ3v) is 3.04. The van der Waals surface area contributed by atoms with E-state index in [1.54, 1.807) is 12.1 Å². The summed E-state index contributed by atoms with van der Waals surface area (Å²) in [6, 6.07) is 16.0. The molecule has 2 aromatic rings. The lowest BCUT2D eigenvalue weighted by atomic mass is 10.1. The molecule has 0 saturated carbocycles. The number of hydrazone groups is 1. The van der Waals surface area contributed by atoms with E-state index in [0.29, 0.717) is 18.4 Å². The van der Waals surface area contributed by atoms with Crippen LogP contribution in [0.25, 0.3) is 0 Å². The molecule has 0 heterocycles. The number of nitrogens with zero attached hydrogens (tertiary/aromatic N) is 1. The molecule has 2 rings (SSSR count). The number of aryl methyl sites for hydroxylation is 1. The first kappa shape index (κ1) is 15.4. The molecule has 0 aromatic heterocycles. The number of benzene rings is 2. The predicted molar refractivity (Wildman–Crippen MR) is 83.9 cm³/mol. The molecule has 0 bridgehead atoms. The van der Waals surface area contributed by atoms with Crippen LogP contribution in [0.15, 0.2) is 59.7 Å². The number of carbonyl (C=O) groups is 2. The van der Waals surface area contributed by atoms with Gasteiger partial charge in [0.15, 0.2) is 0 Å². The summed E-state index contributed by atoms with van der Waals surface area (Å²) in [5.41, 5.74) is 4.48. The minimum absolute atomic E-state index is 0.165. The smallest absolute Gasteiger partial charge is 0.335 e. The van der Waals surface area contributed by atoms with Crippen LogP contribution in [0.4, 0.5) is 0 Å². The Hall–Kier alpha value is -2.95. The molecule has 0 spiro atoms. The van der Waals surface area contributed by atoms with E-state index >= 15 is 0 Å². The Morgan fingerprint density at radius 2 is 1.73 bits per heavy atom. The molecule has 0 aliphatic heterocycles. The first-order chi connectivity index (χ1) is 10.6. The third kappa shape index (κ3) is 4.86. The van der Waals surface area contributed by atoms with Crippen LogP contribution in [0.2, 0.25) is 0 Å². The molecular formula is C17H16N2O3. The van der Waals surface area contributed by atoms with E-state index in [9.17, 15) is 9.59 Å². The lowest BCUT2D eigenvalue weighted by Gasteiger charge is -2.00. The zero-order chi connectivity index (χ0) is 15.8. The van der Waals surface area contributed by atoms with Gasteiger partial charge in [0.05, 0.1) is 11.8 Å². The van der Waals surface area contributed by atoms with E-state index in [-0.39, 0.29) is 11.5 Å². The van der Waals surface area contributed by atoms with Gasteiger partial charge in [0.1, 0.15) is 0 Å². The summed E-state index contributed by atoms with van der Waals surface area (Å²) < 4.78 is 0. The molecule has 2 aromatic carbocycles. The summed E-state index contributed by atoms with van der Waals surface area (Å²) in [5, 5.41) is 12.6. The highest BCUT2D eigenvalue weighted by Crippen LogP contribution is 2.03. The average molecular weight is 296 g/mol. The summed E-state index contributed by atoms with van der Waals surface area (Å²) in [6.07, 6.45) is 2.50. The van der Waals surface area contributed by atoms with E-state index in [1.165, 1.54) is 18.3 Å². The predicted octanol–water partition coefficient (Wildman–Crippen LogP) is 2.47. The second-order valence-electron chi connectivity index (χ2n) is 4.71. The molecule has 0 aliphatic rings. The number of carboxylic acid groups (broad SMARTS) is 1. The van der Waals surface area contributed by atoms with Crippen molar-refractivity contribution < 1.29 is 14.7 Å². The second kappa shape index (κ2) is 7.73. The fourth-order valence-corrected chi connectivity index (χ4v) is 1.85. The SMILES string of the molecule is O=C(CCc1ccccc1)N/N=C\c1ccc(C(=O)O)cc1. The topological polar surface area (TPSA) is 78.8 Å². The zero-order valence-corrected chi connectivity index (χ0v) is 11.9. The van der Waals surface area contributed by atoms with E-state index < -0.39 is 5.97 Å². The van der Waals surface area contributed by atoms with Crippen LogP contribution in [-0.2, 0) is 11.2 Å². The number of amides is 1. The largest absolute Gasteiger partial charge is 0.478 e. The van der Waals surface area contributed by atoms with Crippen LogP contribution in [0.5, 0.6) is 0 Å².